The number of carbonyl (C=O) groups excluding carboxylic acids is 1. The third-order valence-electron chi connectivity index (χ3n) is 4.61. The summed E-state index contributed by atoms with van der Waals surface area (Å²) < 4.78 is 13.4. The maximum absolute atomic E-state index is 13.4. The molecule has 0 aliphatic rings. The van der Waals surface area contributed by atoms with Gasteiger partial charge in [-0.1, -0.05) is 35.9 Å². The molecule has 0 spiro atoms. The number of anilines is 3. The molecule has 0 unspecified atom stereocenters. The third-order valence-corrected chi connectivity index (χ3v) is 5.02. The molecule has 1 heterocycles. The minimum absolute atomic E-state index is 0.254. The van der Waals surface area contributed by atoms with Crippen LogP contribution in [-0.4, -0.2) is 16.1 Å². The summed E-state index contributed by atoms with van der Waals surface area (Å²) in [6.07, 6.45) is 0. The van der Waals surface area contributed by atoms with Crippen molar-refractivity contribution in [2.75, 3.05) is 10.6 Å². The second kappa shape index (κ2) is 8.93. The molecule has 4 aromatic rings. The SMILES string of the molecule is Cc1ccc(NC(=O)c2cccc(Nc3ccc(-c4cccc(F)c4)nn3)c2)cc1Cl. The van der Waals surface area contributed by atoms with Gasteiger partial charge in [0.05, 0.1) is 5.69 Å². The number of rotatable bonds is 5. The molecule has 1 aromatic heterocycles. The van der Waals surface area contributed by atoms with E-state index in [-0.39, 0.29) is 11.7 Å². The standard InChI is InChI=1S/C24H18ClFN4O/c1-15-8-9-20(14-21(15)25)28-24(31)17-5-3-7-19(13-17)27-23-11-10-22(29-30-23)16-4-2-6-18(26)12-16/h2-14H,1H3,(H,27,30)(H,28,31). The van der Waals surface area contributed by atoms with Crippen LogP contribution in [0.3, 0.4) is 0 Å². The van der Waals surface area contributed by atoms with Gasteiger partial charge in [-0.05, 0) is 67.1 Å². The Balaban J connectivity index is 1.46. The molecule has 0 saturated carbocycles. The maximum Gasteiger partial charge on any atom is 0.255 e. The molecule has 0 radical (unpaired) electrons. The van der Waals surface area contributed by atoms with Gasteiger partial charge in [0.2, 0.25) is 0 Å². The number of hydrogen-bond acceptors (Lipinski definition) is 4. The first-order chi connectivity index (χ1) is 15.0. The second-order valence-corrected chi connectivity index (χ2v) is 7.35. The molecule has 3 aromatic carbocycles. The van der Waals surface area contributed by atoms with Crippen LogP contribution in [0.4, 0.5) is 21.6 Å². The fourth-order valence-electron chi connectivity index (χ4n) is 2.96. The molecule has 0 aliphatic carbocycles. The van der Waals surface area contributed by atoms with Gasteiger partial charge in [-0.25, -0.2) is 4.39 Å². The molecule has 0 fully saturated rings. The molecular weight excluding hydrogens is 415 g/mol. The van der Waals surface area contributed by atoms with E-state index < -0.39 is 0 Å². The predicted octanol–water partition coefficient (Wildman–Crippen LogP) is 6.24. The fraction of sp³-hybridized carbons (Fsp3) is 0.0417. The van der Waals surface area contributed by atoms with Crippen LogP contribution in [0.5, 0.6) is 0 Å². The summed E-state index contributed by atoms with van der Waals surface area (Å²) in [7, 11) is 0. The van der Waals surface area contributed by atoms with Crippen molar-refractivity contribution >= 4 is 34.7 Å². The van der Waals surface area contributed by atoms with E-state index in [9.17, 15) is 9.18 Å². The molecule has 0 aliphatic heterocycles. The van der Waals surface area contributed by atoms with Crippen molar-refractivity contribution in [2.24, 2.45) is 0 Å². The lowest BCUT2D eigenvalue weighted by Crippen LogP contribution is -2.12. The van der Waals surface area contributed by atoms with Gasteiger partial charge in [0.15, 0.2) is 5.82 Å². The average Bonchev–Trinajstić information content (AvgIpc) is 2.77. The summed E-state index contributed by atoms with van der Waals surface area (Å²) in [5, 5.41) is 14.8. The zero-order valence-electron chi connectivity index (χ0n) is 16.6. The zero-order chi connectivity index (χ0) is 21.8. The molecule has 7 heteroatoms. The van der Waals surface area contributed by atoms with Gasteiger partial charge in [-0.15, -0.1) is 10.2 Å². The van der Waals surface area contributed by atoms with Crippen LogP contribution in [0.1, 0.15) is 15.9 Å². The van der Waals surface area contributed by atoms with Gasteiger partial charge in [0.25, 0.3) is 5.91 Å². The summed E-state index contributed by atoms with van der Waals surface area (Å²) in [6, 6.07) is 22.1. The summed E-state index contributed by atoms with van der Waals surface area (Å²) in [5.41, 5.74) is 3.94. The van der Waals surface area contributed by atoms with E-state index >= 15 is 0 Å². The number of aromatic nitrogens is 2. The van der Waals surface area contributed by atoms with E-state index in [0.717, 1.165) is 5.56 Å². The second-order valence-electron chi connectivity index (χ2n) is 6.94. The Morgan fingerprint density at radius 2 is 1.74 bits per heavy atom. The molecule has 0 saturated heterocycles. The molecule has 0 atom stereocenters. The highest BCUT2D eigenvalue weighted by Crippen LogP contribution is 2.22. The summed E-state index contributed by atoms with van der Waals surface area (Å²) in [4.78, 5) is 12.6. The lowest BCUT2D eigenvalue weighted by atomic mass is 10.1. The molecule has 2 N–H and O–H groups in total. The van der Waals surface area contributed by atoms with Gasteiger partial charge in [-0.2, -0.15) is 0 Å². The first-order valence-corrected chi connectivity index (χ1v) is 9.90. The van der Waals surface area contributed by atoms with E-state index in [1.165, 1.54) is 12.1 Å². The Labute approximate surface area is 183 Å². The Morgan fingerprint density at radius 1 is 0.903 bits per heavy atom. The van der Waals surface area contributed by atoms with Crippen molar-refractivity contribution < 1.29 is 9.18 Å². The monoisotopic (exact) mass is 432 g/mol. The van der Waals surface area contributed by atoms with Crippen LogP contribution >= 0.6 is 11.6 Å². The van der Waals surface area contributed by atoms with Crippen LogP contribution in [0.25, 0.3) is 11.3 Å². The van der Waals surface area contributed by atoms with Crippen LogP contribution in [0.2, 0.25) is 5.02 Å². The van der Waals surface area contributed by atoms with Gasteiger partial charge >= 0.3 is 0 Å². The number of nitrogens with one attached hydrogen (secondary N) is 2. The quantitative estimate of drug-likeness (QED) is 0.391. The number of aryl methyl sites for hydroxylation is 1. The van der Waals surface area contributed by atoms with Crippen molar-refractivity contribution in [3.63, 3.8) is 0 Å². The predicted molar refractivity (Wildman–Crippen MR) is 121 cm³/mol. The Morgan fingerprint density at radius 3 is 2.48 bits per heavy atom. The number of halogens is 2. The Kier molecular flexibility index (Phi) is 5.91. The van der Waals surface area contributed by atoms with Crippen molar-refractivity contribution in [2.45, 2.75) is 6.92 Å². The summed E-state index contributed by atoms with van der Waals surface area (Å²) in [5.74, 6) is -0.0800. The lowest BCUT2D eigenvalue weighted by molar-refractivity contribution is 0.102. The lowest BCUT2D eigenvalue weighted by Gasteiger charge is -2.09. The van der Waals surface area contributed by atoms with E-state index in [1.54, 1.807) is 54.6 Å². The van der Waals surface area contributed by atoms with Crippen molar-refractivity contribution in [1.29, 1.82) is 0 Å². The molecule has 0 bridgehead atoms. The average molecular weight is 433 g/mol. The van der Waals surface area contributed by atoms with Crippen molar-refractivity contribution in [3.8, 4) is 11.3 Å². The highest BCUT2D eigenvalue weighted by molar-refractivity contribution is 6.31. The first-order valence-electron chi connectivity index (χ1n) is 9.52. The van der Waals surface area contributed by atoms with E-state index in [2.05, 4.69) is 20.8 Å². The Bertz CT molecular complexity index is 1240. The van der Waals surface area contributed by atoms with Gasteiger partial charge in [-0.3, -0.25) is 4.79 Å². The van der Waals surface area contributed by atoms with Crippen molar-refractivity contribution in [1.82, 2.24) is 10.2 Å². The normalized spacial score (nSPS) is 10.5. The molecule has 4 rings (SSSR count). The molecular formula is C24H18ClFN4O. The highest BCUT2D eigenvalue weighted by atomic mass is 35.5. The van der Waals surface area contributed by atoms with Gasteiger partial charge < -0.3 is 10.6 Å². The first kappa shape index (κ1) is 20.5. The third kappa shape index (κ3) is 5.05. The smallest absolute Gasteiger partial charge is 0.255 e. The van der Waals surface area contributed by atoms with E-state index in [1.807, 2.05) is 19.1 Å². The molecule has 31 heavy (non-hydrogen) atoms. The van der Waals surface area contributed by atoms with Gasteiger partial charge in [0, 0.05) is 27.5 Å². The number of nitrogens with zero attached hydrogens (tertiary/aromatic N) is 2. The van der Waals surface area contributed by atoms with Crippen LogP contribution < -0.4 is 10.6 Å². The van der Waals surface area contributed by atoms with Crippen LogP contribution in [0, 0.1) is 12.7 Å². The topological polar surface area (TPSA) is 66.9 Å². The fourth-order valence-corrected chi connectivity index (χ4v) is 3.14. The van der Waals surface area contributed by atoms with Crippen LogP contribution in [0.15, 0.2) is 78.9 Å². The highest BCUT2D eigenvalue weighted by Gasteiger charge is 2.09. The van der Waals surface area contributed by atoms with Crippen molar-refractivity contribution in [3.05, 3.63) is 101 Å². The zero-order valence-corrected chi connectivity index (χ0v) is 17.3. The maximum atomic E-state index is 13.4. The van der Waals surface area contributed by atoms with E-state index in [4.69, 9.17) is 11.6 Å². The van der Waals surface area contributed by atoms with Crippen LogP contribution in [-0.2, 0) is 0 Å². The number of amides is 1. The minimum atomic E-state index is -0.329. The minimum Gasteiger partial charge on any atom is -0.339 e. The Hall–Kier alpha value is -3.77. The van der Waals surface area contributed by atoms with E-state index in [0.29, 0.717) is 39.0 Å². The molecule has 5 nitrogen and oxygen atoms in total. The molecule has 1 amide bonds. The molecule has 154 valence electrons. The summed E-state index contributed by atoms with van der Waals surface area (Å²) in [6.45, 7) is 1.90. The van der Waals surface area contributed by atoms with Gasteiger partial charge in [0.1, 0.15) is 5.82 Å². The number of carbonyl (C=O) groups is 1. The number of hydrogen-bond donors (Lipinski definition) is 2. The largest absolute Gasteiger partial charge is 0.339 e. The summed E-state index contributed by atoms with van der Waals surface area (Å²) >= 11 is 6.12. The number of benzene rings is 3.